The van der Waals surface area contributed by atoms with E-state index < -0.39 is 64.9 Å². The van der Waals surface area contributed by atoms with E-state index in [-0.39, 0.29) is 43.7 Å². The maximum atomic E-state index is 12.9. The predicted molar refractivity (Wildman–Crippen MR) is 137 cm³/mol. The predicted octanol–water partition coefficient (Wildman–Crippen LogP) is 3.29. The monoisotopic (exact) mass is 550 g/mol. The summed E-state index contributed by atoms with van der Waals surface area (Å²) < 4.78 is 36.4. The highest BCUT2D eigenvalue weighted by molar-refractivity contribution is 5.71. The van der Waals surface area contributed by atoms with Crippen molar-refractivity contribution >= 4 is 23.9 Å². The Morgan fingerprint density at radius 2 is 1.56 bits per heavy atom. The van der Waals surface area contributed by atoms with Gasteiger partial charge in [0.05, 0.1) is 23.5 Å². The van der Waals surface area contributed by atoms with Gasteiger partial charge in [-0.05, 0) is 24.3 Å². The molecule has 8 atom stereocenters. The molecule has 10 heteroatoms. The van der Waals surface area contributed by atoms with Gasteiger partial charge >= 0.3 is 23.9 Å². The van der Waals surface area contributed by atoms with E-state index in [1.807, 2.05) is 47.6 Å². The molecule has 1 saturated carbocycles. The Morgan fingerprint density at radius 1 is 0.974 bits per heavy atom. The fourth-order valence-electron chi connectivity index (χ4n) is 6.89. The van der Waals surface area contributed by atoms with Crippen LogP contribution in [0, 0.1) is 22.7 Å². The van der Waals surface area contributed by atoms with Crippen LogP contribution in [0.25, 0.3) is 0 Å². The SMILES string of the molecule is CC(=O)OC[C@]12C[C@H](OC(=O)CC(C)C)C(C)=C[C@H]1O[C@@H]1[C@H](OC(=O)CC(C)C)[C@@H](OC(C)=O)[C@@]2(C)[C@]12CO2. The largest absolute Gasteiger partial charge is 0.465 e. The highest BCUT2D eigenvalue weighted by Crippen LogP contribution is 2.72. The number of rotatable bonds is 9. The first-order valence-electron chi connectivity index (χ1n) is 13.8. The van der Waals surface area contributed by atoms with Crippen LogP contribution in [-0.4, -0.2) is 73.2 Å². The van der Waals surface area contributed by atoms with Gasteiger partial charge < -0.3 is 28.4 Å². The van der Waals surface area contributed by atoms with Gasteiger partial charge in [-0.2, -0.15) is 0 Å². The summed E-state index contributed by atoms with van der Waals surface area (Å²) in [4.78, 5) is 50.2. The maximum Gasteiger partial charge on any atom is 0.306 e. The summed E-state index contributed by atoms with van der Waals surface area (Å²) in [6, 6.07) is 0. The van der Waals surface area contributed by atoms with E-state index in [2.05, 4.69) is 0 Å². The van der Waals surface area contributed by atoms with E-state index in [0.717, 1.165) is 5.57 Å². The molecule has 2 aliphatic heterocycles. The van der Waals surface area contributed by atoms with Crippen molar-refractivity contribution in [2.24, 2.45) is 22.7 Å². The fraction of sp³-hybridized carbons (Fsp3) is 0.793. The molecule has 39 heavy (non-hydrogen) atoms. The van der Waals surface area contributed by atoms with Crippen molar-refractivity contribution in [2.45, 2.75) is 111 Å². The van der Waals surface area contributed by atoms with Crippen molar-refractivity contribution in [3.05, 3.63) is 11.6 Å². The minimum atomic E-state index is -1.02. The molecule has 218 valence electrons. The van der Waals surface area contributed by atoms with Gasteiger partial charge in [0, 0.05) is 33.1 Å². The van der Waals surface area contributed by atoms with E-state index in [1.165, 1.54) is 13.8 Å². The zero-order valence-electron chi connectivity index (χ0n) is 24.2. The van der Waals surface area contributed by atoms with E-state index >= 15 is 0 Å². The Morgan fingerprint density at radius 3 is 2.08 bits per heavy atom. The van der Waals surface area contributed by atoms with Gasteiger partial charge in [0.1, 0.15) is 24.4 Å². The van der Waals surface area contributed by atoms with Gasteiger partial charge in [0.2, 0.25) is 0 Å². The molecular weight excluding hydrogens is 508 g/mol. The number of carbonyl (C=O) groups is 4. The normalized spacial score (nSPS) is 38.2. The molecule has 0 unspecified atom stereocenters. The number of fused-ring (bicyclic) bond motifs is 2. The summed E-state index contributed by atoms with van der Waals surface area (Å²) in [7, 11) is 0. The summed E-state index contributed by atoms with van der Waals surface area (Å²) in [6.45, 7) is 14.3. The summed E-state index contributed by atoms with van der Waals surface area (Å²) in [6.07, 6.45) is -1.21. The van der Waals surface area contributed by atoms with Gasteiger partial charge in [-0.3, -0.25) is 19.2 Å². The third-order valence-electron chi connectivity index (χ3n) is 8.82. The van der Waals surface area contributed by atoms with E-state index in [1.54, 1.807) is 0 Å². The van der Waals surface area contributed by atoms with Crippen LogP contribution in [-0.2, 0) is 47.6 Å². The number of hydrogen-bond donors (Lipinski definition) is 0. The molecule has 0 radical (unpaired) electrons. The molecule has 0 aromatic carbocycles. The second kappa shape index (κ2) is 10.5. The molecule has 0 N–H and O–H groups in total. The molecule has 2 bridgehead atoms. The van der Waals surface area contributed by atoms with Gasteiger partial charge in [0.25, 0.3) is 0 Å². The Hall–Kier alpha value is -2.46. The first kappa shape index (κ1) is 29.5. The second-order valence-corrected chi connectivity index (χ2v) is 12.6. The molecule has 2 saturated heterocycles. The van der Waals surface area contributed by atoms with Crippen molar-refractivity contribution in [1.29, 1.82) is 0 Å². The number of ether oxygens (including phenoxy) is 6. The molecule has 0 amide bonds. The highest BCUT2D eigenvalue weighted by atomic mass is 16.7. The van der Waals surface area contributed by atoms with Gasteiger partial charge in [0.15, 0.2) is 12.2 Å². The van der Waals surface area contributed by atoms with Crippen LogP contribution >= 0.6 is 0 Å². The Labute approximate surface area is 230 Å². The van der Waals surface area contributed by atoms with Gasteiger partial charge in [-0.25, -0.2) is 0 Å². The minimum absolute atomic E-state index is 0.0675. The van der Waals surface area contributed by atoms with Crippen molar-refractivity contribution in [1.82, 2.24) is 0 Å². The highest BCUT2D eigenvalue weighted by Gasteiger charge is 2.87. The van der Waals surface area contributed by atoms with Crippen LogP contribution < -0.4 is 0 Å². The molecule has 1 spiro atoms. The molecule has 2 aliphatic carbocycles. The van der Waals surface area contributed by atoms with Crippen LogP contribution in [0.15, 0.2) is 11.6 Å². The molecule has 0 aromatic rings. The first-order valence-corrected chi connectivity index (χ1v) is 13.8. The Kier molecular flexibility index (Phi) is 7.95. The lowest BCUT2D eigenvalue weighted by atomic mass is 9.51. The Bertz CT molecular complexity index is 1040. The average Bonchev–Trinajstić information content (AvgIpc) is 3.58. The number of epoxide rings is 1. The van der Waals surface area contributed by atoms with Crippen molar-refractivity contribution in [2.75, 3.05) is 13.2 Å². The minimum Gasteiger partial charge on any atom is -0.465 e. The maximum absolute atomic E-state index is 12.9. The van der Waals surface area contributed by atoms with Crippen molar-refractivity contribution in [3.8, 4) is 0 Å². The average molecular weight is 551 g/mol. The molecule has 0 aromatic heterocycles. The van der Waals surface area contributed by atoms with Crippen LogP contribution in [0.2, 0.25) is 0 Å². The molecule has 2 heterocycles. The molecule has 3 fully saturated rings. The van der Waals surface area contributed by atoms with E-state index in [0.29, 0.717) is 6.61 Å². The summed E-state index contributed by atoms with van der Waals surface area (Å²) in [5.41, 5.74) is -2.17. The topological polar surface area (TPSA) is 127 Å². The lowest BCUT2D eigenvalue weighted by molar-refractivity contribution is -0.241. The van der Waals surface area contributed by atoms with Gasteiger partial charge in [-0.1, -0.05) is 40.7 Å². The van der Waals surface area contributed by atoms with Crippen LogP contribution in [0.5, 0.6) is 0 Å². The smallest absolute Gasteiger partial charge is 0.306 e. The van der Waals surface area contributed by atoms with Crippen LogP contribution in [0.1, 0.15) is 74.7 Å². The van der Waals surface area contributed by atoms with E-state index in [4.69, 9.17) is 28.4 Å². The number of esters is 4. The second-order valence-electron chi connectivity index (χ2n) is 12.6. The number of hydrogen-bond acceptors (Lipinski definition) is 10. The summed E-state index contributed by atoms with van der Waals surface area (Å²) in [5.74, 6) is -1.59. The third kappa shape index (κ3) is 4.99. The quantitative estimate of drug-likeness (QED) is 0.183. The standard InChI is InChI=1S/C29H42O10/c1-15(2)9-22(32)37-20-12-28(13-34-18(6)30)21(11-17(20)5)38-26-24(39-23(33)10-16(3)4)25(36-19(7)31)27(28,8)29(26)14-35-29/h11,15-16,20-21,24-26H,9-10,12-14H2,1-8H3/t20-,21+,24+,25+,26+,27+,28+,29-/m0/s1. The summed E-state index contributed by atoms with van der Waals surface area (Å²) >= 11 is 0. The van der Waals surface area contributed by atoms with E-state index in [9.17, 15) is 19.2 Å². The lowest BCUT2D eigenvalue weighted by Crippen LogP contribution is -2.68. The zero-order chi connectivity index (χ0) is 28.9. The zero-order valence-corrected chi connectivity index (χ0v) is 24.2. The molecule has 4 rings (SSSR count). The third-order valence-corrected chi connectivity index (χ3v) is 8.82. The van der Waals surface area contributed by atoms with Gasteiger partial charge in [-0.15, -0.1) is 0 Å². The molecule has 4 aliphatic rings. The summed E-state index contributed by atoms with van der Waals surface area (Å²) in [5, 5.41) is 0. The molecular formula is C29H42O10. The molecule has 10 nitrogen and oxygen atoms in total. The van der Waals surface area contributed by atoms with Crippen molar-refractivity contribution in [3.63, 3.8) is 0 Å². The number of carbonyl (C=O) groups excluding carboxylic acids is 4. The van der Waals surface area contributed by atoms with Crippen molar-refractivity contribution < 1.29 is 47.6 Å². The Balaban J connectivity index is 1.81. The first-order chi connectivity index (χ1) is 18.2. The lowest BCUT2D eigenvalue weighted by Gasteiger charge is -2.58. The fourth-order valence-corrected chi connectivity index (χ4v) is 6.89. The van der Waals surface area contributed by atoms with Crippen LogP contribution in [0.4, 0.5) is 0 Å². The van der Waals surface area contributed by atoms with Crippen LogP contribution in [0.3, 0.4) is 0 Å².